The molecule has 1 aliphatic rings. The molecule has 4 nitrogen and oxygen atoms in total. The molecule has 18 heavy (non-hydrogen) atoms. The van der Waals surface area contributed by atoms with Gasteiger partial charge in [-0.2, -0.15) is 0 Å². The highest BCUT2D eigenvalue weighted by Gasteiger charge is 2.22. The van der Waals surface area contributed by atoms with E-state index in [0.717, 1.165) is 38.8 Å². The fourth-order valence-electron chi connectivity index (χ4n) is 2.43. The molecule has 0 aliphatic carbocycles. The van der Waals surface area contributed by atoms with E-state index in [-0.39, 0.29) is 11.9 Å². The van der Waals surface area contributed by atoms with Crippen molar-refractivity contribution in [3.63, 3.8) is 0 Å². The Labute approximate surface area is 111 Å². The Balaban J connectivity index is 2.20. The molecule has 0 bridgehead atoms. The fourth-order valence-corrected chi connectivity index (χ4v) is 2.43. The highest BCUT2D eigenvalue weighted by atomic mass is 16.2. The van der Waals surface area contributed by atoms with Gasteiger partial charge in [0.15, 0.2) is 0 Å². The minimum absolute atomic E-state index is 0.0314. The van der Waals surface area contributed by atoms with Crippen LogP contribution in [0.4, 0.5) is 0 Å². The van der Waals surface area contributed by atoms with Crippen molar-refractivity contribution < 1.29 is 4.79 Å². The summed E-state index contributed by atoms with van der Waals surface area (Å²) in [5.41, 5.74) is 5.82. The summed E-state index contributed by atoms with van der Waals surface area (Å²) in [5, 5.41) is 3.09. The van der Waals surface area contributed by atoms with E-state index in [0.29, 0.717) is 6.04 Å². The van der Waals surface area contributed by atoms with Crippen LogP contribution in [0.5, 0.6) is 0 Å². The zero-order valence-electron chi connectivity index (χ0n) is 12.0. The molecular formula is C14H29N3O. The van der Waals surface area contributed by atoms with E-state index in [1.54, 1.807) is 0 Å². The molecule has 0 aromatic heterocycles. The van der Waals surface area contributed by atoms with Gasteiger partial charge in [0.1, 0.15) is 0 Å². The zero-order valence-corrected chi connectivity index (χ0v) is 12.0. The van der Waals surface area contributed by atoms with Crippen LogP contribution >= 0.6 is 0 Å². The third-order valence-corrected chi connectivity index (χ3v) is 3.70. The SMILES string of the molecule is CCCCN1CCC(NC(=O)C(N)CCC)CC1. The summed E-state index contributed by atoms with van der Waals surface area (Å²) in [5.74, 6) is 0.0314. The Morgan fingerprint density at radius 3 is 2.56 bits per heavy atom. The summed E-state index contributed by atoms with van der Waals surface area (Å²) in [6, 6.07) is 0.00593. The van der Waals surface area contributed by atoms with Crippen LogP contribution in [-0.4, -0.2) is 42.5 Å². The molecule has 1 atom stereocenters. The number of likely N-dealkylation sites (tertiary alicyclic amines) is 1. The largest absolute Gasteiger partial charge is 0.352 e. The second-order valence-electron chi connectivity index (χ2n) is 5.37. The molecule has 3 N–H and O–H groups in total. The number of piperidine rings is 1. The number of hydrogen-bond donors (Lipinski definition) is 2. The van der Waals surface area contributed by atoms with Gasteiger partial charge in [-0.15, -0.1) is 0 Å². The van der Waals surface area contributed by atoms with Crippen LogP contribution in [0.15, 0.2) is 0 Å². The van der Waals surface area contributed by atoms with Gasteiger partial charge in [0.05, 0.1) is 6.04 Å². The molecule has 1 saturated heterocycles. The lowest BCUT2D eigenvalue weighted by Crippen LogP contribution is -2.49. The maximum absolute atomic E-state index is 11.8. The van der Waals surface area contributed by atoms with Gasteiger partial charge in [0, 0.05) is 19.1 Å². The van der Waals surface area contributed by atoms with Gasteiger partial charge in [0.25, 0.3) is 0 Å². The van der Waals surface area contributed by atoms with Crippen molar-refractivity contribution in [3.05, 3.63) is 0 Å². The fraction of sp³-hybridized carbons (Fsp3) is 0.929. The van der Waals surface area contributed by atoms with E-state index in [1.165, 1.54) is 19.4 Å². The van der Waals surface area contributed by atoms with Gasteiger partial charge >= 0.3 is 0 Å². The third-order valence-electron chi connectivity index (χ3n) is 3.70. The van der Waals surface area contributed by atoms with Crippen LogP contribution in [0, 0.1) is 0 Å². The molecule has 106 valence electrons. The summed E-state index contributed by atoms with van der Waals surface area (Å²) in [6.45, 7) is 7.69. The molecule has 1 aliphatic heterocycles. The van der Waals surface area contributed by atoms with Crippen molar-refractivity contribution in [3.8, 4) is 0 Å². The average molecular weight is 255 g/mol. The second kappa shape index (κ2) is 8.48. The van der Waals surface area contributed by atoms with Gasteiger partial charge in [-0.05, 0) is 32.2 Å². The van der Waals surface area contributed by atoms with Gasteiger partial charge in [0.2, 0.25) is 5.91 Å². The van der Waals surface area contributed by atoms with Crippen LogP contribution in [0.1, 0.15) is 52.4 Å². The third kappa shape index (κ3) is 5.36. The smallest absolute Gasteiger partial charge is 0.237 e. The first kappa shape index (κ1) is 15.4. The van der Waals surface area contributed by atoms with Crippen molar-refractivity contribution in [1.82, 2.24) is 10.2 Å². The summed E-state index contributed by atoms with van der Waals surface area (Å²) >= 11 is 0. The number of amides is 1. The Morgan fingerprint density at radius 1 is 1.33 bits per heavy atom. The van der Waals surface area contributed by atoms with Crippen LogP contribution in [0.25, 0.3) is 0 Å². The molecule has 0 saturated carbocycles. The van der Waals surface area contributed by atoms with Gasteiger partial charge < -0.3 is 16.0 Å². The summed E-state index contributed by atoms with van der Waals surface area (Å²) < 4.78 is 0. The minimum Gasteiger partial charge on any atom is -0.352 e. The van der Waals surface area contributed by atoms with Gasteiger partial charge in [-0.25, -0.2) is 0 Å². The normalized spacial score (nSPS) is 19.7. The first-order valence-corrected chi connectivity index (χ1v) is 7.45. The van der Waals surface area contributed by atoms with E-state index in [2.05, 4.69) is 24.1 Å². The second-order valence-corrected chi connectivity index (χ2v) is 5.37. The van der Waals surface area contributed by atoms with E-state index in [4.69, 9.17) is 5.73 Å². The summed E-state index contributed by atoms with van der Waals surface area (Å²) in [6.07, 6.45) is 6.40. The lowest BCUT2D eigenvalue weighted by Gasteiger charge is -2.32. The predicted octanol–water partition coefficient (Wildman–Crippen LogP) is 1.49. The zero-order chi connectivity index (χ0) is 13.4. The van der Waals surface area contributed by atoms with Gasteiger partial charge in [-0.3, -0.25) is 4.79 Å². The van der Waals surface area contributed by atoms with Crippen LogP contribution in [0.2, 0.25) is 0 Å². The van der Waals surface area contributed by atoms with E-state index in [9.17, 15) is 4.79 Å². The molecule has 1 amide bonds. The first-order chi connectivity index (χ1) is 8.67. The monoisotopic (exact) mass is 255 g/mol. The number of nitrogens with two attached hydrogens (primary N) is 1. The Bertz CT molecular complexity index is 237. The molecule has 1 rings (SSSR count). The molecule has 0 spiro atoms. The quantitative estimate of drug-likeness (QED) is 0.725. The highest BCUT2D eigenvalue weighted by Crippen LogP contribution is 2.11. The van der Waals surface area contributed by atoms with Gasteiger partial charge in [-0.1, -0.05) is 26.7 Å². The predicted molar refractivity (Wildman–Crippen MR) is 75.4 cm³/mol. The average Bonchev–Trinajstić information content (AvgIpc) is 2.38. The number of carbonyl (C=O) groups excluding carboxylic acids is 1. The van der Waals surface area contributed by atoms with Crippen molar-refractivity contribution in [2.75, 3.05) is 19.6 Å². The lowest BCUT2D eigenvalue weighted by molar-refractivity contribution is -0.123. The number of rotatable bonds is 7. The minimum atomic E-state index is -0.326. The summed E-state index contributed by atoms with van der Waals surface area (Å²) in [7, 11) is 0. The van der Waals surface area contributed by atoms with E-state index in [1.807, 2.05) is 0 Å². The molecule has 1 fully saturated rings. The Kier molecular flexibility index (Phi) is 7.28. The standard InChI is InChI=1S/C14H29N3O/c1-3-5-9-17-10-7-12(8-11-17)16-14(18)13(15)6-4-2/h12-13H,3-11,15H2,1-2H3,(H,16,18). The lowest BCUT2D eigenvalue weighted by atomic mass is 10.0. The van der Waals surface area contributed by atoms with Crippen molar-refractivity contribution in [1.29, 1.82) is 0 Å². The molecule has 0 radical (unpaired) electrons. The van der Waals surface area contributed by atoms with Crippen LogP contribution in [-0.2, 0) is 4.79 Å². The van der Waals surface area contributed by atoms with Crippen molar-refractivity contribution in [2.24, 2.45) is 5.73 Å². The molecule has 1 unspecified atom stereocenters. The number of hydrogen-bond acceptors (Lipinski definition) is 3. The first-order valence-electron chi connectivity index (χ1n) is 7.45. The molecular weight excluding hydrogens is 226 g/mol. The van der Waals surface area contributed by atoms with Crippen LogP contribution < -0.4 is 11.1 Å². The topological polar surface area (TPSA) is 58.4 Å². The Morgan fingerprint density at radius 2 is 2.00 bits per heavy atom. The number of nitrogens with zero attached hydrogens (tertiary/aromatic N) is 1. The number of unbranched alkanes of at least 4 members (excludes halogenated alkanes) is 1. The molecule has 0 aromatic carbocycles. The molecule has 4 heteroatoms. The molecule has 0 aromatic rings. The number of carbonyl (C=O) groups is 1. The highest BCUT2D eigenvalue weighted by molar-refractivity contribution is 5.81. The van der Waals surface area contributed by atoms with Crippen molar-refractivity contribution >= 4 is 5.91 Å². The van der Waals surface area contributed by atoms with E-state index >= 15 is 0 Å². The maximum Gasteiger partial charge on any atom is 0.237 e. The van der Waals surface area contributed by atoms with Crippen LogP contribution in [0.3, 0.4) is 0 Å². The number of nitrogens with one attached hydrogen (secondary N) is 1. The Hall–Kier alpha value is -0.610. The summed E-state index contributed by atoms with van der Waals surface area (Å²) in [4.78, 5) is 14.3. The van der Waals surface area contributed by atoms with E-state index < -0.39 is 0 Å². The maximum atomic E-state index is 11.8. The molecule has 1 heterocycles. The van der Waals surface area contributed by atoms with Crippen molar-refractivity contribution in [2.45, 2.75) is 64.5 Å².